The van der Waals surface area contributed by atoms with E-state index in [1.807, 2.05) is 49.4 Å². The fourth-order valence-electron chi connectivity index (χ4n) is 2.14. The van der Waals surface area contributed by atoms with E-state index in [2.05, 4.69) is 35.1 Å². The Morgan fingerprint density at radius 2 is 1.95 bits per heavy atom. The molecule has 0 heterocycles. The quantitative estimate of drug-likeness (QED) is 0.822. The minimum Gasteiger partial charge on any atom is -0.483 e. The van der Waals surface area contributed by atoms with E-state index in [9.17, 15) is 4.79 Å². The summed E-state index contributed by atoms with van der Waals surface area (Å²) in [5.74, 6) is 0.934. The zero-order valence-electron chi connectivity index (χ0n) is 13.0. The van der Waals surface area contributed by atoms with E-state index in [0.29, 0.717) is 5.92 Å². The molecule has 0 spiro atoms. The monoisotopic (exact) mass is 361 g/mol. The average molecular weight is 362 g/mol. The lowest BCUT2D eigenvalue weighted by molar-refractivity contribution is -0.118. The van der Waals surface area contributed by atoms with Crippen LogP contribution in [0.2, 0.25) is 0 Å². The molecule has 22 heavy (non-hydrogen) atoms. The normalized spacial score (nSPS) is 10.6. The molecule has 0 saturated heterocycles. The molecular weight excluding hydrogens is 342 g/mol. The van der Waals surface area contributed by atoms with Crippen molar-refractivity contribution >= 4 is 27.5 Å². The summed E-state index contributed by atoms with van der Waals surface area (Å²) in [5, 5.41) is 2.85. The van der Waals surface area contributed by atoms with Crippen LogP contribution in [0.15, 0.2) is 46.9 Å². The van der Waals surface area contributed by atoms with E-state index in [0.717, 1.165) is 27.0 Å². The molecule has 0 aliphatic heterocycles. The van der Waals surface area contributed by atoms with Gasteiger partial charge in [0.05, 0.1) is 5.69 Å². The number of amides is 1. The second kappa shape index (κ2) is 7.45. The maximum atomic E-state index is 12.0. The number of rotatable bonds is 5. The third-order valence-electron chi connectivity index (χ3n) is 3.30. The van der Waals surface area contributed by atoms with Gasteiger partial charge in [-0.1, -0.05) is 38.1 Å². The van der Waals surface area contributed by atoms with Crippen molar-refractivity contribution in [3.8, 4) is 5.75 Å². The first-order valence-electron chi connectivity index (χ1n) is 7.25. The molecule has 0 fully saturated rings. The minimum absolute atomic E-state index is 0.00987. The summed E-state index contributed by atoms with van der Waals surface area (Å²) in [5.41, 5.74) is 2.98. The van der Waals surface area contributed by atoms with E-state index in [1.165, 1.54) is 0 Å². The summed E-state index contributed by atoms with van der Waals surface area (Å²) in [6, 6.07) is 13.6. The molecule has 0 unspecified atom stereocenters. The molecule has 1 N–H and O–H groups in total. The van der Waals surface area contributed by atoms with Crippen molar-refractivity contribution in [2.45, 2.75) is 26.7 Å². The van der Waals surface area contributed by atoms with Gasteiger partial charge in [0, 0.05) is 4.47 Å². The van der Waals surface area contributed by atoms with Crippen LogP contribution in [0.25, 0.3) is 0 Å². The van der Waals surface area contributed by atoms with Crippen LogP contribution in [-0.2, 0) is 4.79 Å². The van der Waals surface area contributed by atoms with Gasteiger partial charge in [0.15, 0.2) is 6.61 Å². The number of nitrogens with one attached hydrogen (secondary N) is 1. The van der Waals surface area contributed by atoms with Crippen LogP contribution in [-0.4, -0.2) is 12.5 Å². The summed E-state index contributed by atoms with van der Waals surface area (Å²) in [4.78, 5) is 12.0. The van der Waals surface area contributed by atoms with Crippen molar-refractivity contribution in [2.24, 2.45) is 0 Å². The fraction of sp³-hybridized carbons (Fsp3) is 0.278. The van der Waals surface area contributed by atoms with Crippen LogP contribution in [0.5, 0.6) is 5.75 Å². The first-order chi connectivity index (χ1) is 10.5. The van der Waals surface area contributed by atoms with Gasteiger partial charge < -0.3 is 10.1 Å². The molecule has 116 valence electrons. The highest BCUT2D eigenvalue weighted by atomic mass is 79.9. The topological polar surface area (TPSA) is 38.3 Å². The summed E-state index contributed by atoms with van der Waals surface area (Å²) >= 11 is 3.45. The molecule has 4 heteroatoms. The van der Waals surface area contributed by atoms with Crippen molar-refractivity contribution < 1.29 is 9.53 Å². The van der Waals surface area contributed by atoms with Gasteiger partial charge in [-0.05, 0) is 58.1 Å². The SMILES string of the molecule is Cc1ccc(NC(=O)COc2ccccc2C(C)C)c(Br)c1. The first-order valence-corrected chi connectivity index (χ1v) is 8.04. The third-order valence-corrected chi connectivity index (χ3v) is 3.95. The van der Waals surface area contributed by atoms with Crippen molar-refractivity contribution in [1.29, 1.82) is 0 Å². The van der Waals surface area contributed by atoms with Crippen LogP contribution < -0.4 is 10.1 Å². The molecule has 2 aromatic carbocycles. The average Bonchev–Trinajstić information content (AvgIpc) is 2.48. The highest BCUT2D eigenvalue weighted by molar-refractivity contribution is 9.10. The Morgan fingerprint density at radius 1 is 1.23 bits per heavy atom. The predicted molar refractivity (Wildman–Crippen MR) is 93.5 cm³/mol. The molecule has 0 atom stereocenters. The second-order valence-corrected chi connectivity index (χ2v) is 6.37. The number of para-hydroxylation sites is 1. The molecule has 0 bridgehead atoms. The standard InChI is InChI=1S/C18H20BrNO2/c1-12(2)14-6-4-5-7-17(14)22-11-18(21)20-16-9-8-13(3)10-15(16)19/h4-10,12H,11H2,1-3H3,(H,20,21). The lowest BCUT2D eigenvalue weighted by Gasteiger charge is -2.14. The van der Waals surface area contributed by atoms with Crippen molar-refractivity contribution in [3.05, 3.63) is 58.1 Å². The third kappa shape index (κ3) is 4.34. The number of halogens is 1. The minimum atomic E-state index is -0.178. The zero-order valence-corrected chi connectivity index (χ0v) is 14.6. The largest absolute Gasteiger partial charge is 0.483 e. The maximum Gasteiger partial charge on any atom is 0.262 e. The molecule has 0 aliphatic carbocycles. The highest BCUT2D eigenvalue weighted by Gasteiger charge is 2.10. The molecule has 2 aromatic rings. The van der Waals surface area contributed by atoms with Crippen LogP contribution in [0.3, 0.4) is 0 Å². The van der Waals surface area contributed by atoms with Crippen molar-refractivity contribution in [2.75, 3.05) is 11.9 Å². The molecule has 0 aromatic heterocycles. The van der Waals surface area contributed by atoms with Gasteiger partial charge >= 0.3 is 0 Å². The zero-order chi connectivity index (χ0) is 16.1. The van der Waals surface area contributed by atoms with Gasteiger partial charge in [-0.3, -0.25) is 4.79 Å². The van der Waals surface area contributed by atoms with E-state index in [1.54, 1.807) is 0 Å². The predicted octanol–water partition coefficient (Wildman–Crippen LogP) is 4.90. The molecule has 0 saturated carbocycles. The summed E-state index contributed by atoms with van der Waals surface area (Å²) in [6.45, 7) is 6.20. The van der Waals surface area contributed by atoms with Crippen LogP contribution in [0.1, 0.15) is 30.9 Å². The van der Waals surface area contributed by atoms with Crippen LogP contribution in [0.4, 0.5) is 5.69 Å². The van der Waals surface area contributed by atoms with E-state index in [4.69, 9.17) is 4.74 Å². The Hall–Kier alpha value is -1.81. The van der Waals surface area contributed by atoms with Gasteiger partial charge in [0.1, 0.15) is 5.75 Å². The van der Waals surface area contributed by atoms with E-state index < -0.39 is 0 Å². The summed E-state index contributed by atoms with van der Waals surface area (Å²) in [6.07, 6.45) is 0. The van der Waals surface area contributed by atoms with Crippen molar-refractivity contribution in [3.63, 3.8) is 0 Å². The molecule has 0 radical (unpaired) electrons. The Morgan fingerprint density at radius 3 is 2.64 bits per heavy atom. The highest BCUT2D eigenvalue weighted by Crippen LogP contribution is 2.26. The van der Waals surface area contributed by atoms with Gasteiger partial charge in [-0.25, -0.2) is 0 Å². The van der Waals surface area contributed by atoms with Gasteiger partial charge in [0.2, 0.25) is 0 Å². The number of aryl methyl sites for hydroxylation is 1. The van der Waals surface area contributed by atoms with Crippen LogP contribution in [0, 0.1) is 6.92 Å². The number of ether oxygens (including phenoxy) is 1. The number of hydrogen-bond acceptors (Lipinski definition) is 2. The van der Waals surface area contributed by atoms with Crippen molar-refractivity contribution in [1.82, 2.24) is 0 Å². The lowest BCUT2D eigenvalue weighted by Crippen LogP contribution is -2.20. The Balaban J connectivity index is 1.99. The second-order valence-electron chi connectivity index (χ2n) is 5.51. The lowest BCUT2D eigenvalue weighted by atomic mass is 10.0. The number of carbonyl (C=O) groups excluding carboxylic acids is 1. The van der Waals surface area contributed by atoms with Gasteiger partial charge in [0.25, 0.3) is 5.91 Å². The van der Waals surface area contributed by atoms with Gasteiger partial charge in [-0.15, -0.1) is 0 Å². The number of anilines is 1. The van der Waals surface area contributed by atoms with Gasteiger partial charge in [-0.2, -0.15) is 0 Å². The molecule has 0 aliphatic rings. The summed E-state index contributed by atoms with van der Waals surface area (Å²) in [7, 11) is 0. The molecule has 1 amide bonds. The van der Waals surface area contributed by atoms with E-state index in [-0.39, 0.29) is 12.5 Å². The van der Waals surface area contributed by atoms with E-state index >= 15 is 0 Å². The Labute approximate surface area is 139 Å². The molecule has 3 nitrogen and oxygen atoms in total. The number of benzene rings is 2. The number of hydrogen-bond donors (Lipinski definition) is 1. The molecular formula is C18H20BrNO2. The number of carbonyl (C=O) groups is 1. The first kappa shape index (κ1) is 16.6. The smallest absolute Gasteiger partial charge is 0.262 e. The Bertz CT molecular complexity index is 668. The fourth-order valence-corrected chi connectivity index (χ4v) is 2.73. The van der Waals surface area contributed by atoms with Crippen LogP contribution >= 0.6 is 15.9 Å². The maximum absolute atomic E-state index is 12.0. The Kier molecular flexibility index (Phi) is 5.61. The summed E-state index contributed by atoms with van der Waals surface area (Å²) < 4.78 is 6.53. The molecule has 2 rings (SSSR count).